The van der Waals surface area contributed by atoms with Gasteiger partial charge < -0.3 is 0 Å². The lowest BCUT2D eigenvalue weighted by molar-refractivity contribution is 0.208. The van der Waals surface area contributed by atoms with Crippen LogP contribution in [0.4, 0.5) is 0 Å². The molecule has 0 bridgehead atoms. The highest BCUT2D eigenvalue weighted by atomic mass is 35.5. The molecule has 2 rings (SSSR count). The lowest BCUT2D eigenvalue weighted by Gasteiger charge is -2.25. The first-order valence-electron chi connectivity index (χ1n) is 6.61. The van der Waals surface area contributed by atoms with Gasteiger partial charge in [-0.05, 0) is 26.8 Å². The Morgan fingerprint density at radius 1 is 1.37 bits per heavy atom. The minimum absolute atomic E-state index is 0.463. The molecule has 104 valence electrons. The SMILES string of the molecule is CCCN(Cc1nc(Cl)c2cnn(C)c2n1)C(C)C. The van der Waals surface area contributed by atoms with Crippen LogP contribution in [0.1, 0.15) is 33.0 Å². The molecule has 2 aromatic heterocycles. The molecule has 2 heterocycles. The number of fused-ring (bicyclic) bond motifs is 1. The fourth-order valence-corrected chi connectivity index (χ4v) is 2.32. The summed E-state index contributed by atoms with van der Waals surface area (Å²) < 4.78 is 1.73. The predicted molar refractivity (Wildman–Crippen MR) is 77.2 cm³/mol. The molecule has 0 aromatic carbocycles. The zero-order chi connectivity index (χ0) is 14.0. The molecule has 0 spiro atoms. The van der Waals surface area contributed by atoms with Crippen molar-refractivity contribution in [2.45, 2.75) is 39.8 Å². The van der Waals surface area contributed by atoms with Crippen LogP contribution >= 0.6 is 11.6 Å². The van der Waals surface area contributed by atoms with Gasteiger partial charge in [-0.1, -0.05) is 18.5 Å². The number of hydrogen-bond acceptors (Lipinski definition) is 4. The Morgan fingerprint density at radius 3 is 2.74 bits per heavy atom. The molecule has 0 saturated heterocycles. The molecule has 19 heavy (non-hydrogen) atoms. The lowest BCUT2D eigenvalue weighted by Crippen LogP contribution is -2.31. The summed E-state index contributed by atoms with van der Waals surface area (Å²) in [5.74, 6) is 0.753. The average Bonchev–Trinajstić information content (AvgIpc) is 2.71. The molecule has 6 heteroatoms. The first kappa shape index (κ1) is 14.2. The van der Waals surface area contributed by atoms with Gasteiger partial charge in [0.2, 0.25) is 0 Å². The van der Waals surface area contributed by atoms with Crippen molar-refractivity contribution in [2.75, 3.05) is 6.54 Å². The van der Waals surface area contributed by atoms with E-state index in [1.807, 2.05) is 7.05 Å². The van der Waals surface area contributed by atoms with Crippen LogP contribution in [-0.4, -0.2) is 37.2 Å². The zero-order valence-corrected chi connectivity index (χ0v) is 12.6. The Kier molecular flexibility index (Phi) is 4.37. The molecular formula is C13H20ClN5. The van der Waals surface area contributed by atoms with E-state index in [0.717, 1.165) is 29.8 Å². The van der Waals surface area contributed by atoms with E-state index in [-0.39, 0.29) is 0 Å². The van der Waals surface area contributed by atoms with E-state index in [0.29, 0.717) is 17.7 Å². The van der Waals surface area contributed by atoms with E-state index >= 15 is 0 Å². The minimum Gasteiger partial charge on any atom is -0.294 e. The molecule has 0 fully saturated rings. The Morgan fingerprint density at radius 2 is 2.11 bits per heavy atom. The van der Waals surface area contributed by atoms with Crippen molar-refractivity contribution in [3.63, 3.8) is 0 Å². The third-order valence-electron chi connectivity index (χ3n) is 3.18. The standard InChI is InChI=1S/C13H20ClN5/c1-5-6-19(9(2)3)8-11-16-12(14)10-7-15-18(4)13(10)17-11/h7,9H,5-6,8H2,1-4H3. The van der Waals surface area contributed by atoms with Crippen molar-refractivity contribution in [2.24, 2.45) is 7.05 Å². The van der Waals surface area contributed by atoms with Crippen molar-refractivity contribution < 1.29 is 0 Å². The Bertz CT molecular complexity index is 563. The molecule has 0 amide bonds. The van der Waals surface area contributed by atoms with Gasteiger partial charge in [0.15, 0.2) is 5.65 Å². The molecule has 0 N–H and O–H groups in total. The van der Waals surface area contributed by atoms with Crippen LogP contribution < -0.4 is 0 Å². The van der Waals surface area contributed by atoms with Gasteiger partial charge in [0.05, 0.1) is 18.1 Å². The second-order valence-corrected chi connectivity index (χ2v) is 5.36. The Balaban J connectivity index is 2.31. The number of aromatic nitrogens is 4. The fraction of sp³-hybridized carbons (Fsp3) is 0.615. The maximum Gasteiger partial charge on any atom is 0.162 e. The zero-order valence-electron chi connectivity index (χ0n) is 11.9. The summed E-state index contributed by atoms with van der Waals surface area (Å²) in [5, 5.41) is 5.45. The van der Waals surface area contributed by atoms with Gasteiger partial charge >= 0.3 is 0 Å². The maximum absolute atomic E-state index is 6.19. The quantitative estimate of drug-likeness (QED) is 0.791. The molecule has 0 radical (unpaired) electrons. The summed E-state index contributed by atoms with van der Waals surface area (Å²) in [6, 6.07) is 0.463. The monoisotopic (exact) mass is 281 g/mol. The average molecular weight is 282 g/mol. The molecule has 0 atom stereocenters. The van der Waals surface area contributed by atoms with Crippen LogP contribution in [0.25, 0.3) is 11.0 Å². The van der Waals surface area contributed by atoms with E-state index in [2.05, 4.69) is 40.7 Å². The van der Waals surface area contributed by atoms with E-state index in [9.17, 15) is 0 Å². The maximum atomic E-state index is 6.19. The summed E-state index contributed by atoms with van der Waals surface area (Å²) in [6.45, 7) is 8.28. The van der Waals surface area contributed by atoms with Crippen LogP contribution in [0.5, 0.6) is 0 Å². The summed E-state index contributed by atoms with van der Waals surface area (Å²) >= 11 is 6.19. The van der Waals surface area contributed by atoms with E-state index in [1.54, 1.807) is 10.9 Å². The van der Waals surface area contributed by atoms with Crippen molar-refractivity contribution in [1.29, 1.82) is 0 Å². The second-order valence-electron chi connectivity index (χ2n) is 5.00. The highest BCUT2D eigenvalue weighted by Gasteiger charge is 2.14. The van der Waals surface area contributed by atoms with Crippen LogP contribution in [-0.2, 0) is 13.6 Å². The number of rotatable bonds is 5. The van der Waals surface area contributed by atoms with Crippen LogP contribution in [0.2, 0.25) is 5.15 Å². The smallest absolute Gasteiger partial charge is 0.162 e. The summed E-state index contributed by atoms with van der Waals surface area (Å²) in [5.41, 5.74) is 0.787. The van der Waals surface area contributed by atoms with Gasteiger partial charge in [0.1, 0.15) is 11.0 Å². The van der Waals surface area contributed by atoms with E-state index in [1.165, 1.54) is 0 Å². The van der Waals surface area contributed by atoms with Crippen LogP contribution in [0.3, 0.4) is 0 Å². The molecule has 0 aliphatic heterocycles. The largest absolute Gasteiger partial charge is 0.294 e. The van der Waals surface area contributed by atoms with Gasteiger partial charge in [0.25, 0.3) is 0 Å². The Labute approximate surface area is 118 Å². The number of halogens is 1. The number of nitrogens with zero attached hydrogens (tertiary/aromatic N) is 5. The van der Waals surface area contributed by atoms with Gasteiger partial charge in [0, 0.05) is 13.1 Å². The summed E-state index contributed by atoms with van der Waals surface area (Å²) in [4.78, 5) is 11.3. The highest BCUT2D eigenvalue weighted by molar-refractivity contribution is 6.33. The molecular weight excluding hydrogens is 262 g/mol. The number of hydrogen-bond donors (Lipinski definition) is 0. The molecule has 5 nitrogen and oxygen atoms in total. The highest BCUT2D eigenvalue weighted by Crippen LogP contribution is 2.20. The predicted octanol–water partition coefficient (Wildman–Crippen LogP) is 2.64. The van der Waals surface area contributed by atoms with Crippen molar-refractivity contribution in [3.8, 4) is 0 Å². The second kappa shape index (κ2) is 5.84. The van der Waals surface area contributed by atoms with Gasteiger partial charge in [-0.2, -0.15) is 5.10 Å². The van der Waals surface area contributed by atoms with Crippen LogP contribution in [0.15, 0.2) is 6.20 Å². The fourth-order valence-electron chi connectivity index (χ4n) is 2.09. The third kappa shape index (κ3) is 3.04. The normalized spacial score (nSPS) is 11.9. The topological polar surface area (TPSA) is 46.8 Å². The van der Waals surface area contributed by atoms with Crippen molar-refractivity contribution in [1.82, 2.24) is 24.6 Å². The van der Waals surface area contributed by atoms with Crippen molar-refractivity contribution >= 4 is 22.6 Å². The number of aryl methyl sites for hydroxylation is 1. The van der Waals surface area contributed by atoms with Gasteiger partial charge in [-0.15, -0.1) is 0 Å². The molecule has 0 aliphatic carbocycles. The molecule has 0 unspecified atom stereocenters. The first-order valence-corrected chi connectivity index (χ1v) is 6.99. The van der Waals surface area contributed by atoms with Gasteiger partial charge in [-0.3, -0.25) is 9.58 Å². The first-order chi connectivity index (χ1) is 9.02. The minimum atomic E-state index is 0.463. The van der Waals surface area contributed by atoms with E-state index in [4.69, 9.17) is 11.6 Å². The van der Waals surface area contributed by atoms with Crippen LogP contribution in [0, 0.1) is 0 Å². The molecule has 0 saturated carbocycles. The lowest BCUT2D eigenvalue weighted by atomic mass is 10.3. The molecule has 2 aromatic rings. The summed E-state index contributed by atoms with van der Waals surface area (Å²) in [6.07, 6.45) is 2.81. The Hall–Kier alpha value is -1.20. The van der Waals surface area contributed by atoms with Crippen molar-refractivity contribution in [3.05, 3.63) is 17.2 Å². The van der Waals surface area contributed by atoms with Gasteiger partial charge in [-0.25, -0.2) is 9.97 Å². The summed E-state index contributed by atoms with van der Waals surface area (Å²) in [7, 11) is 1.86. The third-order valence-corrected chi connectivity index (χ3v) is 3.47. The van der Waals surface area contributed by atoms with E-state index < -0.39 is 0 Å². The molecule has 0 aliphatic rings.